The third kappa shape index (κ3) is 6.77. The smallest absolute Gasteiger partial charge is 0.0653 e. The van der Waals surface area contributed by atoms with E-state index in [2.05, 4.69) is 37.5 Å². The third-order valence-corrected chi connectivity index (χ3v) is 10.4. The van der Waals surface area contributed by atoms with Gasteiger partial charge in [0, 0.05) is 0 Å². The van der Waals surface area contributed by atoms with Crippen molar-refractivity contribution in [3.8, 4) is 0 Å². The summed E-state index contributed by atoms with van der Waals surface area (Å²) in [5.74, 6) is 0. The van der Waals surface area contributed by atoms with Crippen molar-refractivity contribution in [1.29, 1.82) is 0 Å². The summed E-state index contributed by atoms with van der Waals surface area (Å²) in [6.45, 7) is 0. The highest BCUT2D eigenvalue weighted by molar-refractivity contribution is 8.35. The van der Waals surface area contributed by atoms with Crippen LogP contribution in [0.5, 0.6) is 0 Å². The summed E-state index contributed by atoms with van der Waals surface area (Å²) in [6, 6.07) is 0. The molecule has 0 aromatic carbocycles. The summed E-state index contributed by atoms with van der Waals surface area (Å²) in [5, 5.41) is 0. The van der Waals surface area contributed by atoms with Crippen molar-refractivity contribution in [2.75, 3.05) is 37.5 Å². The molecule has 0 aliphatic rings. The van der Waals surface area contributed by atoms with Crippen molar-refractivity contribution in [3.63, 3.8) is 0 Å². The fourth-order valence-corrected chi connectivity index (χ4v) is 8.41. The number of hydrogen-bond donors (Lipinski definition) is 0. The minimum atomic E-state index is 1.41. The van der Waals surface area contributed by atoms with Crippen molar-refractivity contribution in [2.24, 2.45) is 0 Å². The van der Waals surface area contributed by atoms with Crippen LogP contribution in [0.15, 0.2) is 16.9 Å². The van der Waals surface area contributed by atoms with Crippen LogP contribution in [0.3, 0.4) is 0 Å². The quantitative estimate of drug-likeness (QED) is 0.501. The number of rotatable bonds is 8. The highest BCUT2D eigenvalue weighted by Gasteiger charge is 2.12. The van der Waals surface area contributed by atoms with Crippen molar-refractivity contribution in [3.05, 3.63) is 16.9 Å². The third-order valence-electron chi connectivity index (χ3n) is 1.63. The van der Waals surface area contributed by atoms with Gasteiger partial charge in [-0.2, -0.15) is 0 Å². The van der Waals surface area contributed by atoms with Gasteiger partial charge in [-0.15, -0.1) is 70.6 Å². The van der Waals surface area contributed by atoms with Crippen LogP contribution >= 0.6 is 82.3 Å². The SMILES string of the molecule is CSC(SC)=C(SC)SC(SC)=C(SC)SC. The average molecular weight is 363 g/mol. The van der Waals surface area contributed by atoms with Gasteiger partial charge in [-0.1, -0.05) is 11.8 Å². The van der Waals surface area contributed by atoms with Crippen LogP contribution in [0.4, 0.5) is 0 Å². The fraction of sp³-hybridized carbons (Fsp3) is 0.600. The van der Waals surface area contributed by atoms with Gasteiger partial charge in [-0.25, -0.2) is 0 Å². The maximum atomic E-state index is 2.16. The first-order chi connectivity index (χ1) is 8.18. The molecule has 0 rings (SSSR count). The average Bonchev–Trinajstić information content (AvgIpc) is 2.37. The molecule has 17 heavy (non-hydrogen) atoms. The second kappa shape index (κ2) is 11.7. The molecular formula is C10H18S7. The molecule has 0 spiro atoms. The van der Waals surface area contributed by atoms with E-state index in [4.69, 9.17) is 0 Å². The van der Waals surface area contributed by atoms with Crippen molar-refractivity contribution >= 4 is 82.3 Å². The van der Waals surface area contributed by atoms with Crippen LogP contribution in [0.1, 0.15) is 0 Å². The predicted octanol–water partition coefficient (Wildman–Crippen LogP) is 6.15. The van der Waals surface area contributed by atoms with Gasteiger partial charge in [-0.05, 0) is 37.5 Å². The summed E-state index contributed by atoms with van der Waals surface area (Å²) >= 11 is 12.9. The zero-order valence-electron chi connectivity index (χ0n) is 10.9. The molecule has 0 atom stereocenters. The van der Waals surface area contributed by atoms with Gasteiger partial charge in [0.15, 0.2) is 0 Å². The van der Waals surface area contributed by atoms with Gasteiger partial charge in [0.1, 0.15) is 0 Å². The molecule has 0 radical (unpaired) electrons. The lowest BCUT2D eigenvalue weighted by molar-refractivity contribution is 2.20. The lowest BCUT2D eigenvalue weighted by atomic mass is 11.2. The Morgan fingerprint density at radius 2 is 0.647 bits per heavy atom. The Morgan fingerprint density at radius 1 is 0.412 bits per heavy atom. The molecule has 0 unspecified atom stereocenters. The predicted molar refractivity (Wildman–Crippen MR) is 103 cm³/mol. The first kappa shape index (κ1) is 18.9. The molecule has 0 saturated carbocycles. The zero-order chi connectivity index (χ0) is 13.3. The zero-order valence-corrected chi connectivity index (χ0v) is 16.6. The van der Waals surface area contributed by atoms with Crippen LogP contribution in [-0.4, -0.2) is 37.5 Å². The molecule has 0 bridgehead atoms. The lowest BCUT2D eigenvalue weighted by Gasteiger charge is -2.13. The number of hydrogen-bond acceptors (Lipinski definition) is 7. The van der Waals surface area contributed by atoms with E-state index in [0.29, 0.717) is 0 Å². The highest BCUT2D eigenvalue weighted by Crippen LogP contribution is 2.48. The van der Waals surface area contributed by atoms with Crippen LogP contribution in [0.2, 0.25) is 0 Å². The van der Waals surface area contributed by atoms with Gasteiger partial charge >= 0.3 is 0 Å². The molecule has 0 aliphatic carbocycles. The minimum Gasteiger partial charge on any atom is -0.121 e. The first-order valence-electron chi connectivity index (χ1n) is 4.58. The molecule has 0 aromatic rings. The van der Waals surface area contributed by atoms with E-state index in [-0.39, 0.29) is 0 Å². The Morgan fingerprint density at radius 3 is 0.824 bits per heavy atom. The molecule has 0 heterocycles. The van der Waals surface area contributed by atoms with E-state index >= 15 is 0 Å². The van der Waals surface area contributed by atoms with Crippen LogP contribution in [0, 0.1) is 0 Å². The van der Waals surface area contributed by atoms with Crippen LogP contribution in [-0.2, 0) is 0 Å². The second-order valence-corrected chi connectivity index (χ2v) is 9.43. The normalized spacial score (nSPS) is 10.2. The van der Waals surface area contributed by atoms with E-state index in [0.717, 1.165) is 0 Å². The van der Waals surface area contributed by atoms with E-state index in [1.807, 2.05) is 82.3 Å². The van der Waals surface area contributed by atoms with Crippen LogP contribution in [0.25, 0.3) is 0 Å². The summed E-state index contributed by atoms with van der Waals surface area (Å²) in [7, 11) is 0. The van der Waals surface area contributed by atoms with Gasteiger partial charge in [0.25, 0.3) is 0 Å². The first-order valence-corrected chi connectivity index (χ1v) is 12.7. The Hall–Kier alpha value is 1.93. The van der Waals surface area contributed by atoms with Crippen LogP contribution < -0.4 is 0 Å². The number of thioether (sulfide) groups is 7. The summed E-state index contributed by atoms with van der Waals surface area (Å²) in [6.07, 6.45) is 12.9. The molecular weight excluding hydrogens is 345 g/mol. The molecule has 0 amide bonds. The van der Waals surface area contributed by atoms with Gasteiger partial charge < -0.3 is 0 Å². The molecule has 0 saturated heterocycles. The molecule has 0 aliphatic heterocycles. The molecule has 100 valence electrons. The fourth-order valence-electron chi connectivity index (χ4n) is 0.918. The van der Waals surface area contributed by atoms with E-state index < -0.39 is 0 Å². The van der Waals surface area contributed by atoms with Gasteiger partial charge in [0.2, 0.25) is 0 Å². The lowest BCUT2D eigenvalue weighted by Crippen LogP contribution is -1.80. The van der Waals surface area contributed by atoms with E-state index in [9.17, 15) is 0 Å². The van der Waals surface area contributed by atoms with Crippen molar-refractivity contribution in [1.82, 2.24) is 0 Å². The summed E-state index contributed by atoms with van der Waals surface area (Å²) < 4.78 is 5.65. The van der Waals surface area contributed by atoms with Crippen molar-refractivity contribution in [2.45, 2.75) is 0 Å². The van der Waals surface area contributed by atoms with Gasteiger partial charge in [-0.3, -0.25) is 0 Å². The summed E-state index contributed by atoms with van der Waals surface area (Å²) in [5.41, 5.74) is 0. The molecule has 0 fully saturated rings. The standard InChI is InChI=1S/C10H18S7/c1-11-7(12-2)9(15-5)17-10(16-6)8(13-3)14-4/h1-6H3. The summed E-state index contributed by atoms with van der Waals surface area (Å²) in [4.78, 5) is 0. The molecule has 0 N–H and O–H groups in total. The van der Waals surface area contributed by atoms with E-state index in [1.54, 1.807) is 0 Å². The largest absolute Gasteiger partial charge is 0.121 e. The Balaban J connectivity index is 5.10. The van der Waals surface area contributed by atoms with Crippen molar-refractivity contribution < 1.29 is 0 Å². The Labute approximate surface area is 136 Å². The highest BCUT2D eigenvalue weighted by atomic mass is 32.2. The Kier molecular flexibility index (Phi) is 13.1. The molecule has 7 heteroatoms. The maximum absolute atomic E-state index is 2.16. The Bertz CT molecular complexity index is 242. The topological polar surface area (TPSA) is 0 Å². The van der Waals surface area contributed by atoms with E-state index in [1.165, 1.54) is 16.9 Å². The molecule has 0 aromatic heterocycles. The minimum absolute atomic E-state index is 1.41. The maximum Gasteiger partial charge on any atom is 0.0653 e. The van der Waals surface area contributed by atoms with Gasteiger partial charge in [0.05, 0.1) is 16.9 Å². The molecule has 0 nitrogen and oxygen atoms in total. The monoisotopic (exact) mass is 362 g/mol. The second-order valence-electron chi connectivity index (χ2n) is 2.48.